The van der Waals surface area contributed by atoms with E-state index < -0.39 is 0 Å². The van der Waals surface area contributed by atoms with Crippen molar-refractivity contribution in [2.24, 2.45) is 10.9 Å². The van der Waals surface area contributed by atoms with Crippen molar-refractivity contribution in [3.63, 3.8) is 0 Å². The van der Waals surface area contributed by atoms with Gasteiger partial charge in [-0.3, -0.25) is 0 Å². The number of guanidine groups is 1. The van der Waals surface area contributed by atoms with Gasteiger partial charge < -0.3 is 20.0 Å². The number of anilines is 1. The number of hydrogen-bond donors (Lipinski definition) is 1. The van der Waals surface area contributed by atoms with E-state index in [2.05, 4.69) is 52.0 Å². The Morgan fingerprint density at radius 3 is 2.74 bits per heavy atom. The second-order valence-electron chi connectivity index (χ2n) is 7.64. The van der Waals surface area contributed by atoms with Gasteiger partial charge >= 0.3 is 0 Å². The van der Waals surface area contributed by atoms with E-state index in [1.54, 1.807) is 0 Å². The summed E-state index contributed by atoms with van der Waals surface area (Å²) in [6, 6.07) is 4.20. The fourth-order valence-electron chi connectivity index (χ4n) is 3.82. The SMILES string of the molecule is CCNC(=NCc1cccnc1N1CCN(C)CC1)N1CCCC(C)C1.I. The smallest absolute Gasteiger partial charge is 0.194 e. The van der Waals surface area contributed by atoms with Crippen LogP contribution in [0.2, 0.25) is 0 Å². The molecule has 1 aromatic rings. The third-order valence-corrected chi connectivity index (χ3v) is 5.36. The standard InChI is InChI=1S/C20H34N6.HI/c1-4-21-20(26-10-6-7-17(2)16-26)23-15-18-8-5-9-22-19(18)25-13-11-24(3)12-14-25;/h5,8-9,17H,4,6-7,10-16H2,1-3H3,(H,21,23);1H. The van der Waals surface area contributed by atoms with Crippen molar-refractivity contribution in [3.05, 3.63) is 23.9 Å². The maximum absolute atomic E-state index is 4.97. The molecule has 6 nitrogen and oxygen atoms in total. The Balaban J connectivity index is 0.00000261. The number of piperazine rings is 1. The quantitative estimate of drug-likeness (QED) is 0.403. The van der Waals surface area contributed by atoms with Crippen LogP contribution < -0.4 is 10.2 Å². The van der Waals surface area contributed by atoms with Gasteiger partial charge in [0.15, 0.2) is 5.96 Å². The molecule has 0 aromatic carbocycles. The van der Waals surface area contributed by atoms with Gasteiger partial charge in [0.2, 0.25) is 0 Å². The van der Waals surface area contributed by atoms with Crippen LogP contribution in [0.25, 0.3) is 0 Å². The van der Waals surface area contributed by atoms with E-state index in [9.17, 15) is 0 Å². The predicted molar refractivity (Wildman–Crippen MR) is 124 cm³/mol. The van der Waals surface area contributed by atoms with E-state index in [1.165, 1.54) is 18.4 Å². The van der Waals surface area contributed by atoms with E-state index in [4.69, 9.17) is 4.99 Å². The van der Waals surface area contributed by atoms with Gasteiger partial charge in [-0.15, -0.1) is 24.0 Å². The van der Waals surface area contributed by atoms with Gasteiger partial charge in [0, 0.05) is 57.6 Å². The lowest BCUT2D eigenvalue weighted by molar-refractivity contribution is 0.266. The van der Waals surface area contributed by atoms with E-state index >= 15 is 0 Å². The second-order valence-corrected chi connectivity index (χ2v) is 7.64. The van der Waals surface area contributed by atoms with E-state index in [0.29, 0.717) is 6.54 Å². The average molecular weight is 486 g/mol. The third-order valence-electron chi connectivity index (χ3n) is 5.36. The molecule has 3 rings (SSSR count). The van der Waals surface area contributed by atoms with Crippen LogP contribution in [0, 0.1) is 5.92 Å². The molecule has 0 saturated carbocycles. The monoisotopic (exact) mass is 486 g/mol. The van der Waals surface area contributed by atoms with Crippen LogP contribution in [0.5, 0.6) is 0 Å². The predicted octanol–water partition coefficient (Wildman–Crippen LogP) is 2.65. The van der Waals surface area contributed by atoms with Crippen molar-refractivity contribution in [1.29, 1.82) is 0 Å². The summed E-state index contributed by atoms with van der Waals surface area (Å²) in [6.07, 6.45) is 4.48. The molecule has 0 amide bonds. The van der Waals surface area contributed by atoms with Crippen LogP contribution in [-0.4, -0.2) is 73.6 Å². The summed E-state index contributed by atoms with van der Waals surface area (Å²) >= 11 is 0. The Morgan fingerprint density at radius 1 is 1.26 bits per heavy atom. The number of piperidine rings is 1. The van der Waals surface area contributed by atoms with Gasteiger partial charge in [-0.1, -0.05) is 13.0 Å². The molecule has 0 radical (unpaired) electrons. The Kier molecular flexibility index (Phi) is 9.08. The van der Waals surface area contributed by atoms with Crippen molar-refractivity contribution in [3.8, 4) is 0 Å². The fraction of sp³-hybridized carbons (Fsp3) is 0.700. The fourth-order valence-corrected chi connectivity index (χ4v) is 3.82. The van der Waals surface area contributed by atoms with Crippen LogP contribution in [0.4, 0.5) is 5.82 Å². The zero-order valence-electron chi connectivity index (χ0n) is 17.0. The summed E-state index contributed by atoms with van der Waals surface area (Å²) in [5.41, 5.74) is 1.22. The Labute approximate surface area is 181 Å². The molecule has 1 atom stereocenters. The Morgan fingerprint density at radius 2 is 2.04 bits per heavy atom. The van der Waals surface area contributed by atoms with Crippen LogP contribution in [0.3, 0.4) is 0 Å². The van der Waals surface area contributed by atoms with Crippen LogP contribution in [0.1, 0.15) is 32.3 Å². The number of aliphatic imine (C=N–C) groups is 1. The largest absolute Gasteiger partial charge is 0.357 e. The molecule has 0 bridgehead atoms. The summed E-state index contributed by atoms with van der Waals surface area (Å²) in [5, 5.41) is 3.48. The lowest BCUT2D eigenvalue weighted by Gasteiger charge is -2.34. The molecule has 1 aromatic heterocycles. The van der Waals surface area contributed by atoms with Gasteiger partial charge in [0.25, 0.3) is 0 Å². The highest BCUT2D eigenvalue weighted by molar-refractivity contribution is 14.0. The number of likely N-dealkylation sites (tertiary alicyclic amines) is 1. The number of hydrogen-bond acceptors (Lipinski definition) is 4. The zero-order valence-corrected chi connectivity index (χ0v) is 19.4. The molecule has 27 heavy (non-hydrogen) atoms. The highest BCUT2D eigenvalue weighted by atomic mass is 127. The molecule has 3 heterocycles. The summed E-state index contributed by atoms with van der Waals surface area (Å²) in [5.74, 6) is 2.89. The number of rotatable bonds is 4. The highest BCUT2D eigenvalue weighted by Gasteiger charge is 2.20. The van der Waals surface area contributed by atoms with Crippen molar-refractivity contribution < 1.29 is 0 Å². The molecule has 2 fully saturated rings. The second kappa shape index (κ2) is 11.0. The van der Waals surface area contributed by atoms with Crippen molar-refractivity contribution in [2.75, 3.05) is 57.8 Å². The van der Waals surface area contributed by atoms with Crippen molar-refractivity contribution >= 4 is 35.8 Å². The van der Waals surface area contributed by atoms with E-state index in [-0.39, 0.29) is 24.0 Å². The normalized spacial score (nSPS) is 21.7. The molecular formula is C20H35IN6. The third kappa shape index (κ3) is 6.20. The first kappa shape index (κ1) is 22.2. The number of likely N-dealkylation sites (N-methyl/N-ethyl adjacent to an activating group) is 1. The minimum absolute atomic E-state index is 0. The first-order valence-corrected chi connectivity index (χ1v) is 10.1. The topological polar surface area (TPSA) is 47.0 Å². The van der Waals surface area contributed by atoms with Gasteiger partial charge in [0.1, 0.15) is 5.82 Å². The summed E-state index contributed by atoms with van der Waals surface area (Å²) in [7, 11) is 2.18. The van der Waals surface area contributed by atoms with Crippen molar-refractivity contribution in [1.82, 2.24) is 20.1 Å². The first-order chi connectivity index (χ1) is 12.7. The number of halogens is 1. The molecule has 2 saturated heterocycles. The Hall–Kier alpha value is -1.09. The molecule has 152 valence electrons. The molecule has 0 aliphatic carbocycles. The molecule has 7 heteroatoms. The molecule has 1 unspecified atom stereocenters. The number of pyridine rings is 1. The number of nitrogens with zero attached hydrogens (tertiary/aromatic N) is 5. The van der Waals surface area contributed by atoms with Gasteiger partial charge in [-0.2, -0.15) is 0 Å². The van der Waals surface area contributed by atoms with E-state index in [0.717, 1.165) is 63.5 Å². The molecule has 2 aliphatic rings. The molecule has 2 aliphatic heterocycles. The molecular weight excluding hydrogens is 451 g/mol. The van der Waals surface area contributed by atoms with Crippen LogP contribution >= 0.6 is 24.0 Å². The average Bonchev–Trinajstić information content (AvgIpc) is 2.66. The van der Waals surface area contributed by atoms with Gasteiger partial charge in [-0.05, 0) is 38.8 Å². The number of nitrogens with one attached hydrogen (secondary N) is 1. The highest BCUT2D eigenvalue weighted by Crippen LogP contribution is 2.20. The maximum Gasteiger partial charge on any atom is 0.194 e. The summed E-state index contributed by atoms with van der Waals surface area (Å²) < 4.78 is 0. The minimum Gasteiger partial charge on any atom is -0.357 e. The van der Waals surface area contributed by atoms with Crippen LogP contribution in [0.15, 0.2) is 23.3 Å². The zero-order chi connectivity index (χ0) is 18.4. The van der Waals surface area contributed by atoms with E-state index in [1.807, 2.05) is 12.3 Å². The Bertz CT molecular complexity index is 600. The minimum atomic E-state index is 0. The van der Waals surface area contributed by atoms with Gasteiger partial charge in [-0.25, -0.2) is 9.98 Å². The van der Waals surface area contributed by atoms with Crippen molar-refractivity contribution in [2.45, 2.75) is 33.2 Å². The lowest BCUT2D eigenvalue weighted by atomic mass is 10.0. The number of aromatic nitrogens is 1. The lowest BCUT2D eigenvalue weighted by Crippen LogP contribution is -2.46. The first-order valence-electron chi connectivity index (χ1n) is 10.1. The van der Waals surface area contributed by atoms with Crippen LogP contribution in [-0.2, 0) is 6.54 Å². The maximum atomic E-state index is 4.97. The molecule has 1 N–H and O–H groups in total. The summed E-state index contributed by atoms with van der Waals surface area (Å²) in [4.78, 5) is 16.8. The summed E-state index contributed by atoms with van der Waals surface area (Å²) in [6.45, 7) is 12.5. The molecule has 0 spiro atoms. The van der Waals surface area contributed by atoms with Gasteiger partial charge in [0.05, 0.1) is 6.54 Å².